The van der Waals surface area contributed by atoms with E-state index in [1.54, 1.807) is 38.5 Å². The number of aromatic nitrogens is 3. The van der Waals surface area contributed by atoms with Crippen molar-refractivity contribution in [3.63, 3.8) is 0 Å². The number of para-hydroxylation sites is 1. The number of methoxy groups -OCH3 is 2. The number of amides is 1. The van der Waals surface area contributed by atoms with E-state index in [0.717, 1.165) is 28.6 Å². The summed E-state index contributed by atoms with van der Waals surface area (Å²) in [6.45, 7) is -0.482. The third-order valence-electron chi connectivity index (χ3n) is 5.36. The Labute approximate surface area is 228 Å². The molecule has 12 heteroatoms. The van der Waals surface area contributed by atoms with Crippen LogP contribution in [0.2, 0.25) is 0 Å². The van der Waals surface area contributed by atoms with Crippen LogP contribution in [0.5, 0.6) is 17.2 Å². The molecule has 0 unspecified atom stereocenters. The molecular formula is C27H26N5O6S+. The molecule has 0 bridgehead atoms. The fourth-order valence-corrected chi connectivity index (χ4v) is 4.26. The molecule has 0 saturated heterocycles. The Balaban J connectivity index is 1.48. The van der Waals surface area contributed by atoms with E-state index in [1.807, 2.05) is 53.1 Å². The minimum absolute atomic E-state index is 0.0392. The van der Waals surface area contributed by atoms with Gasteiger partial charge in [0.15, 0.2) is 6.61 Å². The first kappa shape index (κ1) is 27.2. The number of carboxylic acids is 1. The van der Waals surface area contributed by atoms with Crippen LogP contribution in [-0.4, -0.2) is 60.0 Å². The number of rotatable bonds is 12. The summed E-state index contributed by atoms with van der Waals surface area (Å²) in [4.78, 5) is 23.3. The Morgan fingerprint density at radius 2 is 1.69 bits per heavy atom. The normalized spacial score (nSPS) is 10.8. The molecule has 0 atom stereocenters. The van der Waals surface area contributed by atoms with Crippen LogP contribution in [0.15, 0.2) is 83.1 Å². The number of carbonyl (C=O) groups excluding carboxylic acids is 1. The zero-order valence-electron chi connectivity index (χ0n) is 21.2. The number of thioether (sulfide) groups is 1. The van der Waals surface area contributed by atoms with Crippen molar-refractivity contribution in [2.75, 3.05) is 26.6 Å². The highest BCUT2D eigenvalue weighted by Gasteiger charge is 2.24. The van der Waals surface area contributed by atoms with E-state index < -0.39 is 12.6 Å². The quantitative estimate of drug-likeness (QED) is 0.106. The Morgan fingerprint density at radius 1 is 1.03 bits per heavy atom. The molecule has 0 aliphatic carbocycles. The molecule has 0 aliphatic heterocycles. The van der Waals surface area contributed by atoms with E-state index in [-0.39, 0.29) is 11.7 Å². The summed E-state index contributed by atoms with van der Waals surface area (Å²) in [6.07, 6.45) is 1.40. The number of nitrogens with zero attached hydrogens (tertiary/aromatic N) is 3. The number of hydrazone groups is 1. The van der Waals surface area contributed by atoms with Crippen LogP contribution in [0.1, 0.15) is 5.56 Å². The highest BCUT2D eigenvalue weighted by Crippen LogP contribution is 2.23. The van der Waals surface area contributed by atoms with Gasteiger partial charge in [-0.15, -0.1) is 5.10 Å². The van der Waals surface area contributed by atoms with Gasteiger partial charge in [-0.1, -0.05) is 12.1 Å². The fourth-order valence-electron chi connectivity index (χ4n) is 3.50. The predicted molar refractivity (Wildman–Crippen MR) is 145 cm³/mol. The topological polar surface area (TPSA) is 139 Å². The van der Waals surface area contributed by atoms with Gasteiger partial charge in [0, 0.05) is 5.56 Å². The Bertz CT molecular complexity index is 1450. The van der Waals surface area contributed by atoms with Crippen LogP contribution < -0.4 is 24.2 Å². The van der Waals surface area contributed by atoms with Gasteiger partial charge in [-0.25, -0.2) is 10.2 Å². The second-order valence-corrected chi connectivity index (χ2v) is 8.86. The zero-order chi connectivity index (χ0) is 27.6. The van der Waals surface area contributed by atoms with Crippen molar-refractivity contribution in [1.29, 1.82) is 0 Å². The van der Waals surface area contributed by atoms with E-state index in [4.69, 9.17) is 19.3 Å². The number of ether oxygens (including phenoxy) is 3. The molecule has 4 aromatic rings. The number of hydrogen-bond acceptors (Lipinski definition) is 8. The van der Waals surface area contributed by atoms with E-state index >= 15 is 0 Å². The molecule has 1 heterocycles. The van der Waals surface area contributed by atoms with E-state index in [1.165, 1.54) is 18.0 Å². The predicted octanol–water partition coefficient (Wildman–Crippen LogP) is 3.08. The molecular weight excluding hydrogens is 522 g/mol. The van der Waals surface area contributed by atoms with Gasteiger partial charge >= 0.3 is 11.1 Å². The summed E-state index contributed by atoms with van der Waals surface area (Å²) >= 11 is 1.23. The first-order chi connectivity index (χ1) is 19.0. The Morgan fingerprint density at radius 3 is 2.36 bits per heavy atom. The molecule has 4 rings (SSSR count). The molecule has 200 valence electrons. The third kappa shape index (κ3) is 7.14. The largest absolute Gasteiger partial charge is 0.497 e. The molecule has 3 aromatic carbocycles. The summed E-state index contributed by atoms with van der Waals surface area (Å²) in [6, 6.07) is 21.8. The molecule has 0 aliphatic rings. The summed E-state index contributed by atoms with van der Waals surface area (Å²) in [5.74, 6) is 1.12. The monoisotopic (exact) mass is 548 g/mol. The van der Waals surface area contributed by atoms with Crippen molar-refractivity contribution in [2.45, 2.75) is 5.16 Å². The zero-order valence-corrected chi connectivity index (χ0v) is 22.0. The third-order valence-corrected chi connectivity index (χ3v) is 6.30. The number of aliphatic carboxylic acids is 1. The van der Waals surface area contributed by atoms with Gasteiger partial charge in [-0.05, 0) is 72.4 Å². The van der Waals surface area contributed by atoms with Crippen molar-refractivity contribution >= 4 is 29.9 Å². The molecule has 11 nitrogen and oxygen atoms in total. The van der Waals surface area contributed by atoms with Crippen LogP contribution in [0.4, 0.5) is 0 Å². The van der Waals surface area contributed by atoms with Gasteiger partial charge in [0.2, 0.25) is 0 Å². The lowest BCUT2D eigenvalue weighted by Gasteiger charge is -2.07. The van der Waals surface area contributed by atoms with Crippen molar-refractivity contribution < 1.29 is 33.5 Å². The van der Waals surface area contributed by atoms with Crippen molar-refractivity contribution in [2.24, 2.45) is 5.10 Å². The van der Waals surface area contributed by atoms with Gasteiger partial charge < -0.3 is 19.3 Å². The maximum Gasteiger partial charge on any atom is 0.342 e. The summed E-state index contributed by atoms with van der Waals surface area (Å²) in [5, 5.41) is 20.9. The lowest BCUT2D eigenvalue weighted by atomic mass is 10.2. The van der Waals surface area contributed by atoms with Crippen LogP contribution in [-0.2, 0) is 9.59 Å². The van der Waals surface area contributed by atoms with E-state index in [9.17, 15) is 9.59 Å². The van der Waals surface area contributed by atoms with Crippen molar-refractivity contribution in [1.82, 2.24) is 15.6 Å². The van der Waals surface area contributed by atoms with Gasteiger partial charge in [0.05, 0.1) is 36.8 Å². The molecule has 0 spiro atoms. The number of H-pyrrole nitrogens is 1. The number of aromatic amines is 1. The number of carbonyl (C=O) groups is 2. The Kier molecular flexibility index (Phi) is 9.14. The molecule has 1 amide bonds. The van der Waals surface area contributed by atoms with E-state index in [2.05, 4.69) is 20.7 Å². The number of benzene rings is 3. The smallest absolute Gasteiger partial charge is 0.342 e. The average Bonchev–Trinajstić information content (AvgIpc) is 3.39. The lowest BCUT2D eigenvalue weighted by Crippen LogP contribution is -2.34. The van der Waals surface area contributed by atoms with Crippen LogP contribution in [0.3, 0.4) is 0 Å². The summed E-state index contributed by atoms with van der Waals surface area (Å²) < 4.78 is 17.7. The van der Waals surface area contributed by atoms with Gasteiger partial charge in [0.25, 0.3) is 11.7 Å². The fraction of sp³-hybridized carbons (Fsp3) is 0.148. The minimum atomic E-state index is -1.09. The SMILES string of the molecule is COc1ccc(-c2[nH]nc(SCC(=O)NN=Cc3ccccc3OCC(=O)O)[n+]2-c2ccc(OC)cc2)cc1. The second-order valence-electron chi connectivity index (χ2n) is 7.92. The number of nitrogens with one attached hydrogen (secondary N) is 2. The molecule has 0 radical (unpaired) electrons. The van der Waals surface area contributed by atoms with Crippen molar-refractivity contribution in [3.8, 4) is 34.3 Å². The highest BCUT2D eigenvalue weighted by molar-refractivity contribution is 7.99. The number of carboxylic acid groups (broad SMARTS) is 1. The van der Waals surface area contributed by atoms with Crippen LogP contribution in [0, 0.1) is 0 Å². The molecule has 1 aromatic heterocycles. The van der Waals surface area contributed by atoms with Crippen LogP contribution >= 0.6 is 11.8 Å². The van der Waals surface area contributed by atoms with Crippen LogP contribution in [0.25, 0.3) is 17.1 Å². The lowest BCUT2D eigenvalue weighted by molar-refractivity contribution is -0.625. The molecule has 0 fully saturated rings. The first-order valence-corrected chi connectivity index (χ1v) is 12.6. The minimum Gasteiger partial charge on any atom is -0.497 e. The summed E-state index contributed by atoms with van der Waals surface area (Å²) in [7, 11) is 3.21. The average molecular weight is 549 g/mol. The maximum atomic E-state index is 12.6. The standard InChI is InChI=1S/C27H25N5O6S/c1-36-21-11-7-18(8-12-21)26-30-31-27(32(26)20-9-13-22(37-2)14-10-20)39-17-24(33)29-28-15-19-5-3-4-6-23(19)38-16-25(34)35/h3-15H,16-17H2,1-2H3,(H2,29,33,34,35)/p+1. The molecule has 3 N–H and O–H groups in total. The van der Waals surface area contributed by atoms with E-state index in [0.29, 0.717) is 16.5 Å². The molecule has 39 heavy (non-hydrogen) atoms. The Hall–Kier alpha value is -4.84. The maximum absolute atomic E-state index is 12.6. The van der Waals surface area contributed by atoms with Gasteiger partial charge in [-0.2, -0.15) is 9.67 Å². The van der Waals surface area contributed by atoms with Gasteiger partial charge in [0.1, 0.15) is 22.9 Å². The second kappa shape index (κ2) is 13.1. The number of hydrogen-bond donors (Lipinski definition) is 3. The first-order valence-electron chi connectivity index (χ1n) is 11.7. The molecule has 0 saturated carbocycles. The van der Waals surface area contributed by atoms with Gasteiger partial charge in [-0.3, -0.25) is 4.79 Å². The highest BCUT2D eigenvalue weighted by atomic mass is 32.2. The summed E-state index contributed by atoms with van der Waals surface area (Å²) in [5.41, 5.74) is 4.71. The van der Waals surface area contributed by atoms with Crippen molar-refractivity contribution in [3.05, 3.63) is 78.4 Å².